The third kappa shape index (κ3) is 3.54. The van der Waals surface area contributed by atoms with Gasteiger partial charge in [-0.25, -0.2) is 0 Å². The molecule has 0 aliphatic carbocycles. The highest BCUT2D eigenvalue weighted by Crippen LogP contribution is 2.34. The van der Waals surface area contributed by atoms with Crippen molar-refractivity contribution >= 4 is 27.4 Å². The van der Waals surface area contributed by atoms with Gasteiger partial charge in [0.2, 0.25) is 0 Å². The minimum atomic E-state index is -0.353. The van der Waals surface area contributed by atoms with Crippen molar-refractivity contribution in [3.05, 3.63) is 22.6 Å². The van der Waals surface area contributed by atoms with Gasteiger partial charge in [-0.3, -0.25) is 0 Å². The molecule has 0 radical (unpaired) electrons. The third-order valence-corrected chi connectivity index (χ3v) is 6.13. The van der Waals surface area contributed by atoms with Crippen molar-refractivity contribution in [3.63, 3.8) is 0 Å². The second-order valence-corrected chi connectivity index (χ2v) is 8.01. The predicted molar refractivity (Wildman–Crippen MR) is 106 cm³/mol. The van der Waals surface area contributed by atoms with E-state index in [4.69, 9.17) is 4.74 Å². The molecule has 4 rings (SSSR count). The maximum Gasteiger partial charge on any atom is 0.319 e. The molecule has 0 saturated heterocycles. The Morgan fingerprint density at radius 3 is 2.79 bits per heavy atom. The van der Waals surface area contributed by atoms with Crippen LogP contribution in [0.5, 0.6) is 6.01 Å². The number of thiophene rings is 1. The summed E-state index contributed by atoms with van der Waals surface area (Å²) >= 11 is 1.64. The van der Waals surface area contributed by atoms with E-state index >= 15 is 0 Å². The minimum absolute atomic E-state index is 0.147. The van der Waals surface area contributed by atoms with Crippen LogP contribution in [0.1, 0.15) is 23.4 Å². The van der Waals surface area contributed by atoms with Gasteiger partial charge in [0.25, 0.3) is 0 Å². The predicted octanol–water partition coefficient (Wildman–Crippen LogP) is 1.15. The van der Waals surface area contributed by atoms with Crippen LogP contribution < -0.4 is 9.64 Å². The molecule has 0 saturated carbocycles. The maximum absolute atomic E-state index is 9.26. The fraction of sp³-hybridized carbons (Fsp3) is 0.556. The van der Waals surface area contributed by atoms with E-state index in [1.807, 2.05) is 6.92 Å². The van der Waals surface area contributed by atoms with Gasteiger partial charge < -0.3 is 24.4 Å². The number of rotatable bonds is 7. The van der Waals surface area contributed by atoms with Crippen molar-refractivity contribution in [1.82, 2.24) is 24.7 Å². The Morgan fingerprint density at radius 2 is 2.04 bits per heavy atom. The lowest BCUT2D eigenvalue weighted by Gasteiger charge is -2.29. The van der Waals surface area contributed by atoms with Gasteiger partial charge >= 0.3 is 6.01 Å². The van der Waals surface area contributed by atoms with E-state index < -0.39 is 0 Å². The smallest absolute Gasteiger partial charge is 0.319 e. The standard InChI is InChI=1S/C18H24N6O3S/c1-3-13-6-14-16(23-4-5-24-11(2)21-22-15(24)7-23)19-18(20-17(14)28-13)27-10-12(8-25)9-26/h6,12,25-26H,3-5,7-10H2,1-2H3. The van der Waals surface area contributed by atoms with E-state index in [9.17, 15) is 10.2 Å². The molecule has 28 heavy (non-hydrogen) atoms. The summed E-state index contributed by atoms with van der Waals surface area (Å²) in [6.45, 7) is 6.18. The third-order valence-electron chi connectivity index (χ3n) is 4.95. The van der Waals surface area contributed by atoms with Crippen molar-refractivity contribution in [2.24, 2.45) is 5.92 Å². The molecule has 1 aliphatic rings. The largest absolute Gasteiger partial charge is 0.463 e. The van der Waals surface area contributed by atoms with Crippen molar-refractivity contribution in [3.8, 4) is 6.01 Å². The van der Waals surface area contributed by atoms with E-state index in [0.29, 0.717) is 6.54 Å². The van der Waals surface area contributed by atoms with Crippen LogP contribution in [0, 0.1) is 12.8 Å². The van der Waals surface area contributed by atoms with E-state index in [1.165, 1.54) is 4.88 Å². The summed E-state index contributed by atoms with van der Waals surface area (Å²) in [4.78, 5) is 13.5. The first-order chi connectivity index (χ1) is 13.6. The van der Waals surface area contributed by atoms with Crippen LogP contribution in [0.15, 0.2) is 6.07 Å². The summed E-state index contributed by atoms with van der Waals surface area (Å²) in [6, 6.07) is 2.41. The van der Waals surface area contributed by atoms with Crippen LogP contribution in [-0.4, -0.2) is 61.3 Å². The highest BCUT2D eigenvalue weighted by Gasteiger charge is 2.24. The lowest BCUT2D eigenvalue weighted by Crippen LogP contribution is -2.35. The van der Waals surface area contributed by atoms with Crippen LogP contribution in [-0.2, 0) is 19.5 Å². The minimum Gasteiger partial charge on any atom is -0.463 e. The van der Waals surface area contributed by atoms with E-state index in [-0.39, 0.29) is 31.7 Å². The number of fused-ring (bicyclic) bond motifs is 2. The van der Waals surface area contributed by atoms with Crippen LogP contribution in [0.25, 0.3) is 10.2 Å². The van der Waals surface area contributed by atoms with Gasteiger partial charge in [0.1, 0.15) is 16.5 Å². The van der Waals surface area contributed by atoms with Gasteiger partial charge in [-0.2, -0.15) is 9.97 Å². The molecule has 1 aliphatic heterocycles. The summed E-state index contributed by atoms with van der Waals surface area (Å²) in [5.74, 6) is 2.32. The molecule has 9 nitrogen and oxygen atoms in total. The van der Waals surface area contributed by atoms with E-state index in [2.05, 4.69) is 42.6 Å². The van der Waals surface area contributed by atoms with Gasteiger partial charge in [-0.05, 0) is 19.4 Å². The fourth-order valence-electron chi connectivity index (χ4n) is 3.26. The Balaban J connectivity index is 1.68. The van der Waals surface area contributed by atoms with Gasteiger partial charge in [0, 0.05) is 23.9 Å². The molecule has 0 spiro atoms. The van der Waals surface area contributed by atoms with Crippen molar-refractivity contribution < 1.29 is 14.9 Å². The van der Waals surface area contributed by atoms with Crippen LogP contribution in [0.4, 0.5) is 5.82 Å². The molecule has 10 heteroatoms. The summed E-state index contributed by atoms with van der Waals surface area (Å²) in [5, 5.41) is 28.0. The van der Waals surface area contributed by atoms with Gasteiger partial charge in [0.05, 0.1) is 31.8 Å². The molecule has 0 fully saturated rings. The quantitative estimate of drug-likeness (QED) is 0.604. The molecule has 3 aromatic rings. The molecule has 2 N–H and O–H groups in total. The summed E-state index contributed by atoms with van der Waals surface area (Å²) < 4.78 is 7.84. The first-order valence-corrected chi connectivity index (χ1v) is 10.2. The van der Waals surface area contributed by atoms with Crippen LogP contribution >= 0.6 is 11.3 Å². The van der Waals surface area contributed by atoms with Crippen molar-refractivity contribution in [2.75, 3.05) is 31.3 Å². The highest BCUT2D eigenvalue weighted by atomic mass is 32.1. The SMILES string of the molecule is CCc1cc2c(N3CCn4c(C)nnc4C3)nc(OCC(CO)CO)nc2s1. The zero-order chi connectivity index (χ0) is 19.7. The molecular weight excluding hydrogens is 380 g/mol. The second kappa shape index (κ2) is 7.98. The van der Waals surface area contributed by atoms with Crippen molar-refractivity contribution in [2.45, 2.75) is 33.4 Å². The Hall–Kier alpha value is -2.30. The molecule has 3 aromatic heterocycles. The summed E-state index contributed by atoms with van der Waals surface area (Å²) in [7, 11) is 0. The maximum atomic E-state index is 9.26. The number of aliphatic hydroxyl groups is 2. The van der Waals surface area contributed by atoms with E-state index in [0.717, 1.165) is 47.2 Å². The Bertz CT molecular complexity index is 968. The number of ether oxygens (including phenoxy) is 1. The van der Waals surface area contributed by atoms with Gasteiger partial charge in [0.15, 0.2) is 5.82 Å². The fourth-order valence-corrected chi connectivity index (χ4v) is 4.21. The Labute approximate surface area is 166 Å². The number of hydrogen-bond acceptors (Lipinski definition) is 9. The number of aliphatic hydroxyl groups excluding tert-OH is 2. The lowest BCUT2D eigenvalue weighted by atomic mass is 10.2. The molecule has 4 heterocycles. The van der Waals surface area contributed by atoms with Crippen molar-refractivity contribution in [1.29, 1.82) is 0 Å². The number of aryl methyl sites for hydroxylation is 2. The average molecular weight is 404 g/mol. The molecule has 0 atom stereocenters. The van der Waals surface area contributed by atoms with Crippen LogP contribution in [0.3, 0.4) is 0 Å². The average Bonchev–Trinajstić information content (AvgIpc) is 3.31. The molecule has 0 amide bonds. The van der Waals surface area contributed by atoms with Crippen LogP contribution in [0.2, 0.25) is 0 Å². The molecular formula is C18H24N6O3S. The summed E-state index contributed by atoms with van der Waals surface area (Å²) in [6.07, 6.45) is 0.932. The molecule has 0 aromatic carbocycles. The second-order valence-electron chi connectivity index (χ2n) is 6.89. The normalized spacial score (nSPS) is 14.1. The number of nitrogens with zero attached hydrogens (tertiary/aromatic N) is 6. The lowest BCUT2D eigenvalue weighted by molar-refractivity contribution is 0.102. The Kier molecular flexibility index (Phi) is 5.42. The molecule has 150 valence electrons. The number of anilines is 1. The molecule has 0 bridgehead atoms. The monoisotopic (exact) mass is 404 g/mol. The topological polar surface area (TPSA) is 109 Å². The number of hydrogen-bond donors (Lipinski definition) is 2. The first kappa shape index (κ1) is 19.0. The summed E-state index contributed by atoms with van der Waals surface area (Å²) in [5.41, 5.74) is 0. The zero-order valence-corrected chi connectivity index (χ0v) is 16.8. The number of aromatic nitrogens is 5. The Morgan fingerprint density at radius 1 is 1.21 bits per heavy atom. The van der Waals surface area contributed by atoms with Gasteiger partial charge in [-0.15, -0.1) is 21.5 Å². The van der Waals surface area contributed by atoms with Gasteiger partial charge in [-0.1, -0.05) is 6.92 Å². The molecule has 0 unspecified atom stereocenters. The zero-order valence-electron chi connectivity index (χ0n) is 16.0. The highest BCUT2D eigenvalue weighted by molar-refractivity contribution is 7.18. The van der Waals surface area contributed by atoms with E-state index in [1.54, 1.807) is 11.3 Å². The first-order valence-electron chi connectivity index (χ1n) is 9.41.